The van der Waals surface area contributed by atoms with E-state index < -0.39 is 11.4 Å². The fourth-order valence-electron chi connectivity index (χ4n) is 0.313. The van der Waals surface area contributed by atoms with E-state index >= 15 is 0 Å². The molecule has 63 valence electrons. The van der Waals surface area contributed by atoms with Crippen LogP contribution in [-0.4, -0.2) is 23.9 Å². The van der Waals surface area contributed by atoms with Crippen molar-refractivity contribution in [3.8, 4) is 0 Å². The molecule has 6 heteroatoms. The fourth-order valence-corrected chi connectivity index (χ4v) is 0.691. The van der Waals surface area contributed by atoms with Gasteiger partial charge in [0, 0.05) is 5.75 Å². The van der Waals surface area contributed by atoms with Crippen LogP contribution in [0.2, 0.25) is 0 Å². The molecule has 0 aromatic rings. The van der Waals surface area contributed by atoms with Gasteiger partial charge in [-0.2, -0.15) is 0 Å². The van der Waals surface area contributed by atoms with Gasteiger partial charge in [-0.05, 0) is 11.8 Å². The second-order valence-corrected chi connectivity index (χ2v) is 2.64. The van der Waals surface area contributed by atoms with Gasteiger partial charge >= 0.3 is 11.4 Å². The summed E-state index contributed by atoms with van der Waals surface area (Å²) in [6, 6.07) is 0. The highest BCUT2D eigenvalue weighted by atomic mass is 32.2. The molecule has 0 saturated heterocycles. The minimum atomic E-state index is -1.46. The highest BCUT2D eigenvalue weighted by Gasteiger charge is 2.02. The zero-order valence-corrected chi connectivity index (χ0v) is 6.77. The maximum absolute atomic E-state index is 10.5. The molecule has 0 fully saturated rings. The number of rotatable bonds is 3. The van der Waals surface area contributed by atoms with E-state index in [0.717, 1.165) is 11.8 Å². The highest BCUT2D eigenvalue weighted by Crippen LogP contribution is 2.02. The Kier molecular flexibility index (Phi) is 5.36. The maximum atomic E-state index is 10.5. The molecule has 1 amide bonds. The normalized spacial score (nSPS) is 8.82. The van der Waals surface area contributed by atoms with Gasteiger partial charge in [0.1, 0.15) is 0 Å². The highest BCUT2D eigenvalue weighted by molar-refractivity contribution is 8.13. The zero-order chi connectivity index (χ0) is 8.69. The average Bonchev–Trinajstić information content (AvgIpc) is 1.87. The van der Waals surface area contributed by atoms with Crippen molar-refractivity contribution in [2.75, 3.05) is 12.5 Å². The number of amides is 1. The lowest BCUT2D eigenvalue weighted by Gasteiger charge is -2.00. The molecular weight excluding hydrogens is 170 g/mol. The van der Waals surface area contributed by atoms with Crippen molar-refractivity contribution in [1.29, 1.82) is 0 Å². The monoisotopic (exact) mass is 178 g/mol. The van der Waals surface area contributed by atoms with Crippen molar-refractivity contribution >= 4 is 23.2 Å². The molecule has 0 unspecified atom stereocenters. The summed E-state index contributed by atoms with van der Waals surface area (Å²) in [5.74, 6) is 0.601. The summed E-state index contributed by atoms with van der Waals surface area (Å²) in [5.41, 5.74) is 0. The van der Waals surface area contributed by atoms with E-state index in [9.17, 15) is 14.7 Å². The Morgan fingerprint density at radius 3 is 2.64 bits per heavy atom. The van der Waals surface area contributed by atoms with Crippen LogP contribution in [0.25, 0.3) is 0 Å². The van der Waals surface area contributed by atoms with Crippen LogP contribution in [0, 0.1) is 0 Å². The van der Waals surface area contributed by atoms with Crippen LogP contribution in [-0.2, 0) is 9.84 Å². The first-order chi connectivity index (χ1) is 5.16. The molecule has 0 aromatic heterocycles. The van der Waals surface area contributed by atoms with Crippen molar-refractivity contribution in [2.45, 2.75) is 6.92 Å². The molecule has 1 N–H and O–H groups in total. The first kappa shape index (κ1) is 10.1. The van der Waals surface area contributed by atoms with Crippen molar-refractivity contribution in [1.82, 2.24) is 5.32 Å². The summed E-state index contributed by atoms with van der Waals surface area (Å²) in [6.07, 6.45) is -1.46. The van der Waals surface area contributed by atoms with E-state index in [1.165, 1.54) is 0 Å². The molecule has 0 bridgehead atoms. The average molecular weight is 178 g/mol. The number of thioether (sulfide) groups is 1. The maximum Gasteiger partial charge on any atom is 0.453 e. The predicted molar refractivity (Wildman–Crippen MR) is 38.7 cm³/mol. The third-order valence-corrected chi connectivity index (χ3v) is 1.31. The molecule has 5 nitrogen and oxygen atoms in total. The molecule has 0 spiro atoms. The lowest BCUT2D eigenvalue weighted by atomic mass is 11.0. The SMILES string of the molecule is CCSC(=O)OCNC([O])=O. The molecular formula is C5H8NO4S. The minimum Gasteiger partial charge on any atom is -0.436 e. The van der Waals surface area contributed by atoms with Crippen LogP contribution < -0.4 is 5.32 Å². The van der Waals surface area contributed by atoms with Crippen LogP contribution in [0.1, 0.15) is 6.92 Å². The summed E-state index contributed by atoms with van der Waals surface area (Å²) in [5, 5.41) is 11.0. The lowest BCUT2D eigenvalue weighted by molar-refractivity contribution is 0.139. The van der Waals surface area contributed by atoms with Crippen LogP contribution in [0.3, 0.4) is 0 Å². The first-order valence-corrected chi connectivity index (χ1v) is 3.89. The fraction of sp³-hybridized carbons (Fsp3) is 0.600. The second kappa shape index (κ2) is 5.84. The van der Waals surface area contributed by atoms with E-state index in [1.807, 2.05) is 0 Å². The van der Waals surface area contributed by atoms with Gasteiger partial charge in [-0.3, -0.25) is 5.32 Å². The largest absolute Gasteiger partial charge is 0.453 e. The first-order valence-electron chi connectivity index (χ1n) is 2.91. The van der Waals surface area contributed by atoms with Gasteiger partial charge in [0.2, 0.25) is 0 Å². The number of hydrogen-bond donors (Lipinski definition) is 1. The quantitative estimate of drug-likeness (QED) is 0.516. The summed E-state index contributed by atoms with van der Waals surface area (Å²) >= 11 is 0.968. The standard InChI is InChI=1S/C5H8NO4S/c1-2-11-5(9)10-3-6-4(7)8/h6H,2-3H2,1H3. The van der Waals surface area contributed by atoms with Crippen molar-refractivity contribution in [2.24, 2.45) is 0 Å². The Morgan fingerprint density at radius 2 is 2.18 bits per heavy atom. The van der Waals surface area contributed by atoms with Crippen LogP contribution >= 0.6 is 11.8 Å². The lowest BCUT2D eigenvalue weighted by Crippen LogP contribution is -2.23. The predicted octanol–water partition coefficient (Wildman–Crippen LogP) is 0.974. The van der Waals surface area contributed by atoms with E-state index in [4.69, 9.17) is 0 Å². The molecule has 0 aromatic carbocycles. The Hall–Kier alpha value is -0.910. The van der Waals surface area contributed by atoms with E-state index in [2.05, 4.69) is 4.74 Å². The summed E-state index contributed by atoms with van der Waals surface area (Å²) in [4.78, 5) is 20.2. The zero-order valence-electron chi connectivity index (χ0n) is 5.96. The molecule has 0 atom stereocenters. The Morgan fingerprint density at radius 1 is 1.55 bits per heavy atom. The summed E-state index contributed by atoms with van der Waals surface area (Å²) in [7, 11) is 0. The van der Waals surface area contributed by atoms with Gasteiger partial charge in [-0.25, -0.2) is 14.7 Å². The van der Waals surface area contributed by atoms with Crippen molar-refractivity contribution < 1.29 is 19.4 Å². The summed E-state index contributed by atoms with van der Waals surface area (Å²) in [6.45, 7) is 1.44. The molecule has 1 radical (unpaired) electrons. The smallest absolute Gasteiger partial charge is 0.436 e. The molecule has 0 aliphatic rings. The van der Waals surface area contributed by atoms with Gasteiger partial charge < -0.3 is 4.74 Å². The van der Waals surface area contributed by atoms with Gasteiger partial charge in [0.05, 0.1) is 0 Å². The molecule has 0 heterocycles. The van der Waals surface area contributed by atoms with Gasteiger partial charge in [-0.1, -0.05) is 6.92 Å². The van der Waals surface area contributed by atoms with Crippen LogP contribution in [0.15, 0.2) is 0 Å². The van der Waals surface area contributed by atoms with Crippen LogP contribution in [0.4, 0.5) is 9.59 Å². The molecule has 11 heavy (non-hydrogen) atoms. The van der Waals surface area contributed by atoms with Crippen molar-refractivity contribution in [3.05, 3.63) is 0 Å². The second-order valence-electron chi connectivity index (χ2n) is 1.44. The van der Waals surface area contributed by atoms with E-state index in [1.54, 1.807) is 12.2 Å². The van der Waals surface area contributed by atoms with E-state index in [-0.39, 0.29) is 6.73 Å². The Labute approximate surface area is 68.1 Å². The Bertz CT molecular complexity index is 149. The topological polar surface area (TPSA) is 75.3 Å². The van der Waals surface area contributed by atoms with Gasteiger partial charge in [-0.15, -0.1) is 0 Å². The van der Waals surface area contributed by atoms with E-state index in [0.29, 0.717) is 5.75 Å². The third kappa shape index (κ3) is 6.98. The number of nitrogens with one attached hydrogen (secondary N) is 1. The molecule has 0 saturated carbocycles. The number of hydrogen-bond acceptors (Lipinski definition) is 4. The number of carbonyl (C=O) groups excluding carboxylic acids is 2. The molecule has 0 aliphatic carbocycles. The Balaban J connectivity index is 3.24. The number of carbonyl (C=O) groups is 2. The van der Waals surface area contributed by atoms with Crippen molar-refractivity contribution in [3.63, 3.8) is 0 Å². The third-order valence-electron chi connectivity index (χ3n) is 0.669. The molecule has 0 aliphatic heterocycles. The minimum absolute atomic E-state index is 0.353. The summed E-state index contributed by atoms with van der Waals surface area (Å²) < 4.78 is 4.39. The van der Waals surface area contributed by atoms with Gasteiger partial charge in [0.25, 0.3) is 0 Å². The van der Waals surface area contributed by atoms with Gasteiger partial charge in [0.15, 0.2) is 6.73 Å². The van der Waals surface area contributed by atoms with Crippen LogP contribution in [0.5, 0.6) is 0 Å². The molecule has 0 rings (SSSR count). The number of ether oxygens (including phenoxy) is 1.